The van der Waals surface area contributed by atoms with Gasteiger partial charge < -0.3 is 9.47 Å². The van der Waals surface area contributed by atoms with Gasteiger partial charge in [-0.25, -0.2) is 4.79 Å². The van der Waals surface area contributed by atoms with Crippen LogP contribution in [0.1, 0.15) is 71.1 Å². The van der Waals surface area contributed by atoms with Crippen LogP contribution in [0.2, 0.25) is 0 Å². The second kappa shape index (κ2) is 6.09. The summed E-state index contributed by atoms with van der Waals surface area (Å²) in [5, 5.41) is 0. The minimum Gasteiger partial charge on any atom is -0.462 e. The molecule has 4 bridgehead atoms. The van der Waals surface area contributed by atoms with E-state index in [1.165, 1.54) is 31.8 Å². The first-order chi connectivity index (χ1) is 13.0. The van der Waals surface area contributed by atoms with E-state index in [4.69, 9.17) is 9.47 Å². The Morgan fingerprint density at radius 3 is 2.63 bits per heavy atom. The largest absolute Gasteiger partial charge is 0.462 e. The lowest BCUT2D eigenvalue weighted by Gasteiger charge is -2.52. The summed E-state index contributed by atoms with van der Waals surface area (Å²) < 4.78 is 12.2. The smallest absolute Gasteiger partial charge is 0.330 e. The summed E-state index contributed by atoms with van der Waals surface area (Å²) in [6.07, 6.45) is 12.5. The molecule has 5 fully saturated rings. The van der Waals surface area contributed by atoms with Crippen LogP contribution in [0.4, 0.5) is 0 Å². The summed E-state index contributed by atoms with van der Waals surface area (Å²) in [6.45, 7) is 5.94. The van der Waals surface area contributed by atoms with Crippen LogP contribution in [0.5, 0.6) is 0 Å². The zero-order valence-electron chi connectivity index (χ0n) is 16.5. The summed E-state index contributed by atoms with van der Waals surface area (Å²) in [7, 11) is 0. The Labute approximate surface area is 162 Å². The van der Waals surface area contributed by atoms with Crippen molar-refractivity contribution in [2.75, 3.05) is 0 Å². The highest BCUT2D eigenvalue weighted by Gasteiger charge is 2.78. The molecule has 4 heteroatoms. The molecule has 27 heavy (non-hydrogen) atoms. The minimum absolute atomic E-state index is 0.0143. The van der Waals surface area contributed by atoms with Crippen molar-refractivity contribution in [3.63, 3.8) is 0 Å². The number of ether oxygens (including phenoxy) is 2. The Bertz CT molecular complexity index is 665. The lowest BCUT2D eigenvalue weighted by atomic mass is 9.59. The van der Waals surface area contributed by atoms with Crippen molar-refractivity contribution in [2.24, 2.45) is 35.0 Å². The van der Waals surface area contributed by atoms with Crippen molar-refractivity contribution in [3.8, 4) is 0 Å². The Morgan fingerprint density at radius 1 is 1.11 bits per heavy atom. The number of hydrogen-bond acceptors (Lipinski definition) is 4. The number of carbonyl (C=O) groups excluding carboxylic acids is 2. The molecule has 7 atom stereocenters. The maximum Gasteiger partial charge on any atom is 0.330 e. The highest BCUT2D eigenvalue weighted by molar-refractivity contribution is 5.82. The highest BCUT2D eigenvalue weighted by Crippen LogP contribution is 2.76. The van der Waals surface area contributed by atoms with Crippen molar-refractivity contribution in [1.82, 2.24) is 0 Å². The molecule has 0 aliphatic heterocycles. The van der Waals surface area contributed by atoms with Gasteiger partial charge in [0.2, 0.25) is 0 Å². The second-order valence-corrected chi connectivity index (χ2v) is 10.1. The van der Waals surface area contributed by atoms with Gasteiger partial charge in [-0.2, -0.15) is 0 Å². The zero-order chi connectivity index (χ0) is 18.8. The van der Waals surface area contributed by atoms with Crippen LogP contribution >= 0.6 is 0 Å². The van der Waals surface area contributed by atoms with E-state index in [-0.39, 0.29) is 35.0 Å². The molecule has 0 aromatic heterocycles. The fraction of sp³-hybridized carbons (Fsp3) is 0.826. The van der Waals surface area contributed by atoms with Gasteiger partial charge in [0.25, 0.3) is 0 Å². The molecular weight excluding hydrogens is 340 g/mol. The Morgan fingerprint density at radius 2 is 1.89 bits per heavy atom. The highest BCUT2D eigenvalue weighted by atomic mass is 16.6. The minimum atomic E-state index is -0.368. The van der Waals surface area contributed by atoms with Crippen LogP contribution in [0, 0.1) is 35.0 Å². The van der Waals surface area contributed by atoms with Crippen molar-refractivity contribution in [3.05, 3.63) is 12.7 Å². The van der Waals surface area contributed by atoms with E-state index in [9.17, 15) is 9.59 Å². The molecule has 4 nitrogen and oxygen atoms in total. The predicted molar refractivity (Wildman–Crippen MR) is 101 cm³/mol. The third-order valence-corrected chi connectivity index (χ3v) is 8.98. The van der Waals surface area contributed by atoms with E-state index in [1.54, 1.807) is 0 Å². The molecule has 5 aliphatic carbocycles. The molecule has 5 rings (SSSR count). The van der Waals surface area contributed by atoms with Crippen LogP contribution in [0.15, 0.2) is 12.7 Å². The van der Waals surface area contributed by atoms with Crippen LogP contribution in [0.25, 0.3) is 0 Å². The molecule has 0 N–H and O–H groups in total. The zero-order valence-corrected chi connectivity index (χ0v) is 16.5. The molecule has 0 heterocycles. The number of carbonyl (C=O) groups is 2. The SMILES string of the molecule is C=CC(=O)OC12C3CC(C(=O)OC4CCCCC4)C(C3)C1C1CCC2(C)C1. The van der Waals surface area contributed by atoms with Gasteiger partial charge in [0, 0.05) is 23.3 Å². The molecule has 0 radical (unpaired) electrons. The van der Waals surface area contributed by atoms with Crippen molar-refractivity contribution in [2.45, 2.75) is 82.8 Å². The van der Waals surface area contributed by atoms with Crippen molar-refractivity contribution >= 4 is 11.9 Å². The van der Waals surface area contributed by atoms with Gasteiger partial charge >= 0.3 is 11.9 Å². The third kappa shape index (κ3) is 2.34. The molecule has 0 saturated heterocycles. The summed E-state index contributed by atoms with van der Waals surface area (Å²) in [4.78, 5) is 25.3. The molecule has 0 aromatic rings. The topological polar surface area (TPSA) is 52.6 Å². The lowest BCUT2D eigenvalue weighted by molar-refractivity contribution is -0.197. The maximum atomic E-state index is 13.0. The maximum absolute atomic E-state index is 13.0. The van der Waals surface area contributed by atoms with E-state index in [2.05, 4.69) is 13.5 Å². The average molecular weight is 373 g/mol. The predicted octanol–water partition coefficient (Wildman–Crippen LogP) is 4.42. The number of hydrogen-bond donors (Lipinski definition) is 0. The van der Waals surface area contributed by atoms with Crippen LogP contribution < -0.4 is 0 Å². The van der Waals surface area contributed by atoms with Gasteiger partial charge in [-0.3, -0.25) is 4.79 Å². The van der Waals surface area contributed by atoms with E-state index in [0.29, 0.717) is 23.7 Å². The monoisotopic (exact) mass is 372 g/mol. The quantitative estimate of drug-likeness (QED) is 0.416. The molecule has 5 saturated carbocycles. The molecule has 0 aromatic carbocycles. The van der Waals surface area contributed by atoms with Crippen LogP contribution in [0.3, 0.4) is 0 Å². The number of fused-ring (bicyclic) bond motifs is 9. The van der Waals surface area contributed by atoms with E-state index < -0.39 is 0 Å². The van der Waals surface area contributed by atoms with Crippen LogP contribution in [-0.4, -0.2) is 23.6 Å². The fourth-order valence-corrected chi connectivity index (χ4v) is 8.14. The molecular formula is C23H32O4. The summed E-state index contributed by atoms with van der Waals surface area (Å²) in [6, 6.07) is 0. The summed E-state index contributed by atoms with van der Waals surface area (Å²) >= 11 is 0. The van der Waals surface area contributed by atoms with Gasteiger partial charge in [-0.15, -0.1) is 0 Å². The third-order valence-electron chi connectivity index (χ3n) is 8.98. The first kappa shape index (κ1) is 17.8. The number of esters is 2. The van der Waals surface area contributed by atoms with Gasteiger partial charge in [0.05, 0.1) is 5.92 Å². The van der Waals surface area contributed by atoms with E-state index >= 15 is 0 Å². The van der Waals surface area contributed by atoms with Gasteiger partial charge in [-0.05, 0) is 69.6 Å². The normalized spacial score (nSPS) is 47.7. The molecule has 0 spiro atoms. The average Bonchev–Trinajstić information content (AvgIpc) is 3.39. The summed E-state index contributed by atoms with van der Waals surface area (Å²) in [5.41, 5.74) is -0.299. The Hall–Kier alpha value is -1.32. The first-order valence-electron chi connectivity index (χ1n) is 11.0. The second-order valence-electron chi connectivity index (χ2n) is 10.1. The first-order valence-corrected chi connectivity index (χ1v) is 11.0. The Kier molecular flexibility index (Phi) is 4.00. The van der Waals surface area contributed by atoms with E-state index in [0.717, 1.165) is 38.5 Å². The molecule has 0 amide bonds. The van der Waals surface area contributed by atoms with Gasteiger partial charge in [0.1, 0.15) is 11.7 Å². The molecule has 148 valence electrons. The Balaban J connectivity index is 1.38. The molecule has 7 unspecified atom stereocenters. The fourth-order valence-electron chi connectivity index (χ4n) is 8.14. The summed E-state index contributed by atoms with van der Waals surface area (Å²) in [5.74, 6) is 1.32. The van der Waals surface area contributed by atoms with Gasteiger partial charge in [0.15, 0.2) is 0 Å². The molecule has 5 aliphatic rings. The standard InChI is InChI=1S/C23H32O4/c1-3-19(24)27-23-15-11-17(20(23)14-9-10-22(23,2)13-14)18(12-15)21(25)26-16-7-5-4-6-8-16/h3,14-18,20H,1,4-13H2,2H3. The van der Waals surface area contributed by atoms with Crippen molar-refractivity contribution in [1.29, 1.82) is 0 Å². The number of rotatable bonds is 4. The van der Waals surface area contributed by atoms with Crippen molar-refractivity contribution < 1.29 is 19.1 Å². The lowest BCUT2D eigenvalue weighted by Crippen LogP contribution is -2.57. The van der Waals surface area contributed by atoms with Crippen LogP contribution in [-0.2, 0) is 19.1 Å². The van der Waals surface area contributed by atoms with Gasteiger partial charge in [-0.1, -0.05) is 19.9 Å². The van der Waals surface area contributed by atoms with E-state index in [1.807, 2.05) is 0 Å².